The summed E-state index contributed by atoms with van der Waals surface area (Å²) >= 11 is 0. The first-order valence-corrected chi connectivity index (χ1v) is 7.57. The van der Waals surface area contributed by atoms with Gasteiger partial charge in [-0.3, -0.25) is 0 Å². The van der Waals surface area contributed by atoms with E-state index in [2.05, 4.69) is 53.3 Å². The van der Waals surface area contributed by atoms with E-state index in [-0.39, 0.29) is 0 Å². The van der Waals surface area contributed by atoms with Crippen molar-refractivity contribution in [3.63, 3.8) is 0 Å². The molecule has 2 heterocycles. The van der Waals surface area contributed by atoms with Crippen molar-refractivity contribution in [1.29, 1.82) is 0 Å². The third kappa shape index (κ3) is 2.99. The van der Waals surface area contributed by atoms with Gasteiger partial charge in [-0.25, -0.2) is 4.98 Å². The molecule has 1 N–H and O–H groups in total. The van der Waals surface area contributed by atoms with E-state index in [4.69, 9.17) is 4.98 Å². The van der Waals surface area contributed by atoms with Crippen LogP contribution in [0, 0.1) is 20.8 Å². The van der Waals surface area contributed by atoms with Gasteiger partial charge in [-0.15, -0.1) is 0 Å². The highest BCUT2D eigenvalue weighted by Gasteiger charge is 2.15. The number of nitrogens with one attached hydrogen (secondary N) is 1. The number of para-hydroxylation sites is 1. The number of anilines is 3. The Morgan fingerprint density at radius 2 is 1.67 bits per heavy atom. The number of benzene rings is 1. The summed E-state index contributed by atoms with van der Waals surface area (Å²) in [6.07, 6.45) is 2.51. The van der Waals surface area contributed by atoms with E-state index in [1.54, 1.807) is 0 Å². The first-order valence-electron chi connectivity index (χ1n) is 7.57. The maximum atomic E-state index is 4.70. The highest BCUT2D eigenvalue weighted by Crippen LogP contribution is 2.25. The highest BCUT2D eigenvalue weighted by atomic mass is 15.2. The van der Waals surface area contributed by atoms with Gasteiger partial charge in [0.05, 0.1) is 0 Å². The first-order chi connectivity index (χ1) is 10.1. The number of aryl methyl sites for hydroxylation is 3. The zero-order chi connectivity index (χ0) is 14.8. The van der Waals surface area contributed by atoms with Crippen LogP contribution < -0.4 is 10.2 Å². The van der Waals surface area contributed by atoms with Crippen LogP contribution in [-0.2, 0) is 0 Å². The van der Waals surface area contributed by atoms with Crippen LogP contribution in [0.4, 0.5) is 17.5 Å². The Morgan fingerprint density at radius 1 is 1.00 bits per heavy atom. The molecule has 1 aromatic heterocycles. The fourth-order valence-corrected chi connectivity index (χ4v) is 2.84. The van der Waals surface area contributed by atoms with Crippen LogP contribution in [0.2, 0.25) is 0 Å². The summed E-state index contributed by atoms with van der Waals surface area (Å²) in [6, 6.07) is 8.35. The minimum absolute atomic E-state index is 0.689. The number of aromatic nitrogens is 2. The van der Waals surface area contributed by atoms with Gasteiger partial charge in [0.15, 0.2) is 0 Å². The van der Waals surface area contributed by atoms with E-state index in [1.807, 2.05) is 6.92 Å². The molecular weight excluding hydrogens is 260 g/mol. The molecule has 4 heteroatoms. The lowest BCUT2D eigenvalue weighted by Gasteiger charge is -2.18. The van der Waals surface area contributed by atoms with E-state index < -0.39 is 0 Å². The van der Waals surface area contributed by atoms with Gasteiger partial charge in [-0.05, 0) is 44.7 Å². The number of hydrogen-bond acceptors (Lipinski definition) is 4. The Hall–Kier alpha value is -2.10. The van der Waals surface area contributed by atoms with Crippen LogP contribution in [0.25, 0.3) is 0 Å². The minimum Gasteiger partial charge on any atom is -0.356 e. The molecule has 0 saturated carbocycles. The van der Waals surface area contributed by atoms with Gasteiger partial charge in [0.2, 0.25) is 5.95 Å². The minimum atomic E-state index is 0.689. The van der Waals surface area contributed by atoms with E-state index in [9.17, 15) is 0 Å². The summed E-state index contributed by atoms with van der Waals surface area (Å²) < 4.78 is 0. The largest absolute Gasteiger partial charge is 0.356 e. The van der Waals surface area contributed by atoms with Crippen molar-refractivity contribution in [3.05, 3.63) is 41.1 Å². The molecule has 3 rings (SSSR count). The summed E-state index contributed by atoms with van der Waals surface area (Å²) in [7, 11) is 0. The summed E-state index contributed by atoms with van der Waals surface area (Å²) in [5.74, 6) is 1.73. The second kappa shape index (κ2) is 5.72. The lowest BCUT2D eigenvalue weighted by atomic mass is 10.1. The fraction of sp³-hybridized carbons (Fsp3) is 0.412. The molecule has 0 atom stereocenters. The molecule has 0 spiro atoms. The van der Waals surface area contributed by atoms with E-state index in [0.717, 1.165) is 30.3 Å². The molecule has 110 valence electrons. The van der Waals surface area contributed by atoms with Crippen molar-refractivity contribution < 1.29 is 0 Å². The normalized spacial score (nSPS) is 14.5. The van der Waals surface area contributed by atoms with Crippen molar-refractivity contribution in [2.45, 2.75) is 33.6 Å². The molecule has 1 fully saturated rings. The molecule has 0 aliphatic carbocycles. The van der Waals surface area contributed by atoms with Crippen molar-refractivity contribution in [2.75, 3.05) is 23.3 Å². The molecule has 1 aromatic carbocycles. The van der Waals surface area contributed by atoms with Gasteiger partial charge in [0.1, 0.15) is 5.82 Å². The molecule has 1 aliphatic heterocycles. The second-order valence-electron chi connectivity index (χ2n) is 5.78. The molecule has 0 bridgehead atoms. The van der Waals surface area contributed by atoms with Gasteiger partial charge < -0.3 is 10.2 Å². The van der Waals surface area contributed by atoms with Crippen molar-refractivity contribution >= 4 is 17.5 Å². The maximum Gasteiger partial charge on any atom is 0.229 e. The summed E-state index contributed by atoms with van der Waals surface area (Å²) in [5.41, 5.74) is 4.53. The zero-order valence-electron chi connectivity index (χ0n) is 13.0. The Labute approximate surface area is 126 Å². The SMILES string of the molecule is Cc1cc(N2CCCC2)nc(Nc2c(C)cccc2C)n1. The van der Waals surface area contributed by atoms with Gasteiger partial charge in [-0.1, -0.05) is 18.2 Å². The smallest absolute Gasteiger partial charge is 0.229 e. The molecule has 0 amide bonds. The molecule has 1 saturated heterocycles. The number of rotatable bonds is 3. The second-order valence-corrected chi connectivity index (χ2v) is 5.78. The van der Waals surface area contributed by atoms with Crippen LogP contribution in [0.1, 0.15) is 29.7 Å². The average molecular weight is 282 g/mol. The van der Waals surface area contributed by atoms with Crippen molar-refractivity contribution in [1.82, 2.24) is 9.97 Å². The van der Waals surface area contributed by atoms with Crippen LogP contribution in [-0.4, -0.2) is 23.1 Å². The summed E-state index contributed by atoms with van der Waals surface area (Å²) in [6.45, 7) is 8.43. The topological polar surface area (TPSA) is 41.1 Å². The Balaban J connectivity index is 1.91. The van der Waals surface area contributed by atoms with Gasteiger partial charge >= 0.3 is 0 Å². The number of nitrogens with zero attached hydrogens (tertiary/aromatic N) is 3. The molecule has 4 nitrogen and oxygen atoms in total. The van der Waals surface area contributed by atoms with Crippen LogP contribution in [0.3, 0.4) is 0 Å². The van der Waals surface area contributed by atoms with Gasteiger partial charge in [0, 0.05) is 30.5 Å². The molecule has 21 heavy (non-hydrogen) atoms. The first kappa shape index (κ1) is 13.9. The fourth-order valence-electron chi connectivity index (χ4n) is 2.84. The molecule has 1 aliphatic rings. The molecule has 2 aromatic rings. The molecular formula is C17H22N4. The highest BCUT2D eigenvalue weighted by molar-refractivity contribution is 5.63. The molecule has 0 radical (unpaired) electrons. The maximum absolute atomic E-state index is 4.70. The van der Waals surface area contributed by atoms with Crippen LogP contribution >= 0.6 is 0 Å². The average Bonchev–Trinajstić information content (AvgIpc) is 2.97. The summed E-state index contributed by atoms with van der Waals surface area (Å²) in [4.78, 5) is 11.6. The monoisotopic (exact) mass is 282 g/mol. The Morgan fingerprint density at radius 3 is 2.33 bits per heavy atom. The predicted molar refractivity (Wildman–Crippen MR) is 87.4 cm³/mol. The van der Waals surface area contributed by atoms with E-state index >= 15 is 0 Å². The Kier molecular flexibility index (Phi) is 3.78. The standard InChI is InChI=1S/C17H22N4/c1-12-7-6-8-13(2)16(12)20-17-18-14(3)11-15(19-17)21-9-4-5-10-21/h6-8,11H,4-5,9-10H2,1-3H3,(H,18,19,20). The van der Waals surface area contributed by atoms with Crippen LogP contribution in [0.15, 0.2) is 24.3 Å². The van der Waals surface area contributed by atoms with Gasteiger partial charge in [0.25, 0.3) is 0 Å². The van der Waals surface area contributed by atoms with Crippen molar-refractivity contribution in [3.8, 4) is 0 Å². The summed E-state index contributed by atoms with van der Waals surface area (Å²) in [5, 5.41) is 3.40. The predicted octanol–water partition coefficient (Wildman–Crippen LogP) is 3.75. The third-order valence-electron chi connectivity index (χ3n) is 3.99. The van der Waals surface area contributed by atoms with E-state index in [1.165, 1.54) is 24.0 Å². The number of hydrogen-bond donors (Lipinski definition) is 1. The lowest BCUT2D eigenvalue weighted by Crippen LogP contribution is -2.20. The third-order valence-corrected chi connectivity index (χ3v) is 3.99. The van der Waals surface area contributed by atoms with Crippen molar-refractivity contribution in [2.24, 2.45) is 0 Å². The quantitative estimate of drug-likeness (QED) is 0.931. The lowest BCUT2D eigenvalue weighted by molar-refractivity contribution is 0.923. The van der Waals surface area contributed by atoms with Gasteiger partial charge in [-0.2, -0.15) is 4.98 Å². The Bertz CT molecular complexity index is 625. The zero-order valence-corrected chi connectivity index (χ0v) is 13.0. The van der Waals surface area contributed by atoms with Crippen LogP contribution in [0.5, 0.6) is 0 Å². The van der Waals surface area contributed by atoms with E-state index in [0.29, 0.717) is 5.95 Å². The molecule has 0 unspecified atom stereocenters.